The molecule has 20 heavy (non-hydrogen) atoms. The summed E-state index contributed by atoms with van der Waals surface area (Å²) in [5.41, 5.74) is 0. The summed E-state index contributed by atoms with van der Waals surface area (Å²) < 4.78 is 17.1. The van der Waals surface area contributed by atoms with Crippen molar-refractivity contribution in [2.45, 2.75) is 50.9 Å². The summed E-state index contributed by atoms with van der Waals surface area (Å²) in [5.74, 6) is 0.271. The van der Waals surface area contributed by atoms with Crippen molar-refractivity contribution in [1.82, 2.24) is 4.90 Å². The number of hydrogen-bond acceptors (Lipinski definition) is 4. The molecule has 2 heterocycles. The van der Waals surface area contributed by atoms with Crippen molar-refractivity contribution in [3.05, 3.63) is 0 Å². The minimum absolute atomic E-state index is 0.0687. The lowest BCUT2D eigenvalue weighted by Crippen LogP contribution is -2.39. The van der Waals surface area contributed by atoms with E-state index in [4.69, 9.17) is 14.2 Å². The molecule has 3 fully saturated rings. The fourth-order valence-corrected chi connectivity index (χ4v) is 3.51. The van der Waals surface area contributed by atoms with Gasteiger partial charge in [0.25, 0.3) is 0 Å². The van der Waals surface area contributed by atoms with Crippen LogP contribution in [0.4, 0.5) is 0 Å². The third kappa shape index (κ3) is 3.15. The Morgan fingerprint density at radius 1 is 1.35 bits per heavy atom. The molecule has 2 saturated heterocycles. The van der Waals surface area contributed by atoms with Gasteiger partial charge in [-0.1, -0.05) is 19.8 Å². The molecule has 2 atom stereocenters. The van der Waals surface area contributed by atoms with Gasteiger partial charge in [-0.3, -0.25) is 4.79 Å². The zero-order valence-corrected chi connectivity index (χ0v) is 12.3. The fraction of sp³-hybridized carbons (Fsp3) is 0.933. The topological polar surface area (TPSA) is 48.0 Å². The third-order valence-electron chi connectivity index (χ3n) is 4.69. The van der Waals surface area contributed by atoms with Crippen LogP contribution in [0.2, 0.25) is 0 Å². The number of likely N-dealkylation sites (tertiary alicyclic amines) is 1. The van der Waals surface area contributed by atoms with Gasteiger partial charge in [0.05, 0.1) is 25.9 Å². The van der Waals surface area contributed by atoms with E-state index in [1.54, 1.807) is 0 Å². The van der Waals surface area contributed by atoms with Crippen LogP contribution < -0.4 is 0 Å². The molecule has 3 aliphatic rings. The Hall–Kier alpha value is -0.650. The van der Waals surface area contributed by atoms with E-state index in [0.717, 1.165) is 25.2 Å². The van der Waals surface area contributed by atoms with Gasteiger partial charge in [0.15, 0.2) is 5.79 Å². The first-order chi connectivity index (χ1) is 9.67. The summed E-state index contributed by atoms with van der Waals surface area (Å²) in [6.45, 7) is 5.00. The smallest absolute Gasteiger partial charge is 0.248 e. The maximum absolute atomic E-state index is 12.2. The molecule has 3 rings (SSSR count). The van der Waals surface area contributed by atoms with Gasteiger partial charge in [-0.25, -0.2) is 0 Å². The van der Waals surface area contributed by atoms with Crippen LogP contribution >= 0.6 is 0 Å². The Labute approximate surface area is 120 Å². The van der Waals surface area contributed by atoms with E-state index in [9.17, 15) is 4.79 Å². The Bertz CT molecular complexity index is 354. The van der Waals surface area contributed by atoms with E-state index in [1.165, 1.54) is 12.8 Å². The first-order valence-electron chi connectivity index (χ1n) is 7.84. The quantitative estimate of drug-likeness (QED) is 0.788. The molecule has 1 amide bonds. The summed E-state index contributed by atoms with van der Waals surface area (Å²) >= 11 is 0. The minimum Gasteiger partial charge on any atom is -0.368 e. The molecule has 0 N–H and O–H groups in total. The number of amides is 1. The molecule has 5 nitrogen and oxygen atoms in total. The van der Waals surface area contributed by atoms with Gasteiger partial charge >= 0.3 is 0 Å². The van der Waals surface area contributed by atoms with Crippen molar-refractivity contribution in [3.8, 4) is 0 Å². The zero-order valence-electron chi connectivity index (χ0n) is 12.3. The summed E-state index contributed by atoms with van der Waals surface area (Å²) in [4.78, 5) is 14.0. The summed E-state index contributed by atoms with van der Waals surface area (Å²) in [6.07, 6.45) is 5.72. The molecule has 0 unspecified atom stereocenters. The molecule has 1 spiro atoms. The molecule has 1 aliphatic carbocycles. The van der Waals surface area contributed by atoms with Gasteiger partial charge in [-0.05, 0) is 18.8 Å². The minimum atomic E-state index is -0.519. The van der Waals surface area contributed by atoms with Gasteiger partial charge < -0.3 is 19.1 Å². The van der Waals surface area contributed by atoms with Crippen LogP contribution in [0.5, 0.6) is 0 Å². The van der Waals surface area contributed by atoms with Gasteiger partial charge in [0, 0.05) is 13.0 Å². The van der Waals surface area contributed by atoms with E-state index >= 15 is 0 Å². The number of carbonyl (C=O) groups excluding carboxylic acids is 1. The molecule has 5 heteroatoms. The zero-order chi connectivity index (χ0) is 14.0. The van der Waals surface area contributed by atoms with Crippen molar-refractivity contribution in [2.75, 3.05) is 32.9 Å². The summed E-state index contributed by atoms with van der Waals surface area (Å²) in [5, 5.41) is 0. The first kappa shape index (κ1) is 14.3. The number of carbonyl (C=O) groups is 1. The SMILES string of the molecule is C[C@H]1CCC[C@H](OCC(=O)N2CCC3(C2)OCCO3)C1. The lowest BCUT2D eigenvalue weighted by molar-refractivity contribution is -0.155. The van der Waals surface area contributed by atoms with Gasteiger partial charge in [-0.15, -0.1) is 0 Å². The Morgan fingerprint density at radius 2 is 2.15 bits per heavy atom. The number of hydrogen-bond donors (Lipinski definition) is 0. The molecule has 2 aliphatic heterocycles. The van der Waals surface area contributed by atoms with E-state index in [2.05, 4.69) is 6.92 Å². The molecule has 0 aromatic heterocycles. The van der Waals surface area contributed by atoms with Crippen molar-refractivity contribution < 1.29 is 19.0 Å². The van der Waals surface area contributed by atoms with Crippen LogP contribution in [0.1, 0.15) is 39.0 Å². The van der Waals surface area contributed by atoms with E-state index in [0.29, 0.717) is 26.3 Å². The Balaban J connectivity index is 1.43. The average Bonchev–Trinajstić information content (AvgIpc) is 3.07. The highest BCUT2D eigenvalue weighted by molar-refractivity contribution is 5.77. The van der Waals surface area contributed by atoms with Crippen LogP contribution in [-0.4, -0.2) is 55.6 Å². The lowest BCUT2D eigenvalue weighted by Gasteiger charge is -2.27. The first-order valence-corrected chi connectivity index (χ1v) is 7.84. The molecular weight excluding hydrogens is 258 g/mol. The highest BCUT2D eigenvalue weighted by Gasteiger charge is 2.44. The van der Waals surface area contributed by atoms with Gasteiger partial charge in [0.1, 0.15) is 6.61 Å². The van der Waals surface area contributed by atoms with E-state index < -0.39 is 5.79 Å². The number of nitrogens with zero attached hydrogens (tertiary/aromatic N) is 1. The predicted octanol–water partition coefficient (Wildman–Crippen LogP) is 1.56. The normalized spacial score (nSPS) is 33.0. The van der Waals surface area contributed by atoms with Crippen molar-refractivity contribution >= 4 is 5.91 Å². The van der Waals surface area contributed by atoms with Crippen LogP contribution in [0.15, 0.2) is 0 Å². The summed E-state index contributed by atoms with van der Waals surface area (Å²) in [6, 6.07) is 0. The predicted molar refractivity (Wildman–Crippen MR) is 73.2 cm³/mol. The highest BCUT2D eigenvalue weighted by Crippen LogP contribution is 2.30. The summed E-state index contributed by atoms with van der Waals surface area (Å²) in [7, 11) is 0. The highest BCUT2D eigenvalue weighted by atomic mass is 16.7. The Morgan fingerprint density at radius 3 is 2.90 bits per heavy atom. The van der Waals surface area contributed by atoms with Crippen LogP contribution in [-0.2, 0) is 19.0 Å². The second kappa shape index (κ2) is 6.00. The van der Waals surface area contributed by atoms with Crippen molar-refractivity contribution in [2.24, 2.45) is 5.92 Å². The maximum Gasteiger partial charge on any atom is 0.248 e. The second-order valence-corrected chi connectivity index (χ2v) is 6.38. The third-order valence-corrected chi connectivity index (χ3v) is 4.69. The maximum atomic E-state index is 12.2. The molecule has 0 radical (unpaired) electrons. The standard InChI is InChI=1S/C15H25NO4/c1-12-3-2-4-13(9-12)18-10-14(17)16-6-5-15(11-16)19-7-8-20-15/h12-13H,2-11H2,1H3/t12-,13-/m0/s1. The lowest BCUT2D eigenvalue weighted by atomic mass is 9.89. The van der Waals surface area contributed by atoms with Crippen LogP contribution in [0.3, 0.4) is 0 Å². The molecule has 1 saturated carbocycles. The molecule has 0 bridgehead atoms. The fourth-order valence-electron chi connectivity index (χ4n) is 3.51. The number of ether oxygens (including phenoxy) is 3. The monoisotopic (exact) mass is 283 g/mol. The van der Waals surface area contributed by atoms with Crippen molar-refractivity contribution in [3.63, 3.8) is 0 Å². The molecular formula is C15H25NO4. The van der Waals surface area contributed by atoms with Crippen molar-refractivity contribution in [1.29, 1.82) is 0 Å². The average molecular weight is 283 g/mol. The van der Waals surface area contributed by atoms with Gasteiger partial charge in [0.2, 0.25) is 5.91 Å². The molecule has 0 aromatic rings. The van der Waals surface area contributed by atoms with Gasteiger partial charge in [-0.2, -0.15) is 0 Å². The second-order valence-electron chi connectivity index (χ2n) is 6.38. The Kier molecular flexibility index (Phi) is 4.29. The molecule has 114 valence electrons. The number of rotatable bonds is 3. The van der Waals surface area contributed by atoms with E-state index in [1.807, 2.05) is 4.90 Å². The largest absolute Gasteiger partial charge is 0.368 e. The van der Waals surface area contributed by atoms with E-state index in [-0.39, 0.29) is 18.6 Å². The van der Waals surface area contributed by atoms with Crippen LogP contribution in [0, 0.1) is 5.92 Å². The molecule has 0 aromatic carbocycles. The van der Waals surface area contributed by atoms with Crippen LogP contribution in [0.25, 0.3) is 0 Å².